The molecule has 0 aromatic rings. The third-order valence-corrected chi connectivity index (χ3v) is 4.77. The van der Waals surface area contributed by atoms with E-state index < -0.39 is 11.4 Å². The largest absolute Gasteiger partial charge is 0.481 e. The van der Waals surface area contributed by atoms with E-state index in [1.54, 1.807) is 11.8 Å². The van der Waals surface area contributed by atoms with Crippen molar-refractivity contribution in [2.24, 2.45) is 5.41 Å². The molecule has 6 nitrogen and oxygen atoms in total. The standard InChI is InChI=1S/C15H26N2O4/c1-3-21-12-4-8-16(9-5-12)14(20)17-10-6-15(2,7-11-17)13(18)19/h12H,3-11H2,1-2H3,(H,18,19). The van der Waals surface area contributed by atoms with Gasteiger partial charge in [-0.15, -0.1) is 0 Å². The van der Waals surface area contributed by atoms with Crippen molar-refractivity contribution in [3.63, 3.8) is 0 Å². The molecule has 2 rings (SSSR count). The Morgan fingerprint density at radius 3 is 2.14 bits per heavy atom. The van der Waals surface area contributed by atoms with Gasteiger partial charge in [0.25, 0.3) is 0 Å². The highest BCUT2D eigenvalue weighted by Gasteiger charge is 2.39. The predicted molar refractivity (Wildman–Crippen MR) is 78.2 cm³/mol. The number of likely N-dealkylation sites (tertiary alicyclic amines) is 2. The average Bonchev–Trinajstić information content (AvgIpc) is 2.48. The smallest absolute Gasteiger partial charge is 0.320 e. The first kappa shape index (κ1) is 16.1. The summed E-state index contributed by atoms with van der Waals surface area (Å²) in [7, 11) is 0. The van der Waals surface area contributed by atoms with Crippen LogP contribution in [0.4, 0.5) is 4.79 Å². The molecule has 2 fully saturated rings. The van der Waals surface area contributed by atoms with E-state index in [1.807, 2.05) is 11.8 Å². The minimum Gasteiger partial charge on any atom is -0.481 e. The Hall–Kier alpha value is -1.30. The van der Waals surface area contributed by atoms with E-state index in [1.165, 1.54) is 0 Å². The average molecular weight is 298 g/mol. The van der Waals surface area contributed by atoms with Crippen molar-refractivity contribution in [3.05, 3.63) is 0 Å². The zero-order valence-electron chi connectivity index (χ0n) is 13.0. The summed E-state index contributed by atoms with van der Waals surface area (Å²) in [6, 6.07) is 0.0531. The van der Waals surface area contributed by atoms with E-state index in [-0.39, 0.29) is 12.1 Å². The maximum absolute atomic E-state index is 12.5. The number of rotatable bonds is 3. The third kappa shape index (κ3) is 3.67. The molecule has 0 aliphatic carbocycles. The van der Waals surface area contributed by atoms with Crippen LogP contribution in [0.1, 0.15) is 39.5 Å². The minimum absolute atomic E-state index is 0.0531. The lowest BCUT2D eigenvalue weighted by Crippen LogP contribution is -2.52. The van der Waals surface area contributed by atoms with Gasteiger partial charge in [-0.25, -0.2) is 4.79 Å². The van der Waals surface area contributed by atoms with Gasteiger partial charge >= 0.3 is 12.0 Å². The Morgan fingerprint density at radius 2 is 1.67 bits per heavy atom. The summed E-state index contributed by atoms with van der Waals surface area (Å²) < 4.78 is 5.59. The van der Waals surface area contributed by atoms with Gasteiger partial charge in [-0.3, -0.25) is 4.79 Å². The predicted octanol–water partition coefficient (Wildman–Crippen LogP) is 1.79. The van der Waals surface area contributed by atoms with Crippen LogP contribution in [0.25, 0.3) is 0 Å². The van der Waals surface area contributed by atoms with E-state index in [2.05, 4.69) is 0 Å². The van der Waals surface area contributed by atoms with Crippen LogP contribution in [0, 0.1) is 5.41 Å². The highest BCUT2D eigenvalue weighted by atomic mass is 16.5. The van der Waals surface area contributed by atoms with Gasteiger partial charge in [0.15, 0.2) is 0 Å². The number of urea groups is 1. The SMILES string of the molecule is CCOC1CCN(C(=O)N2CCC(C)(C(=O)O)CC2)CC1. The Bertz CT molecular complexity index is 383. The Labute approximate surface area is 126 Å². The number of carbonyl (C=O) groups excluding carboxylic acids is 1. The van der Waals surface area contributed by atoms with Gasteiger partial charge < -0.3 is 19.6 Å². The fourth-order valence-corrected chi connectivity index (χ4v) is 3.05. The molecule has 0 saturated carbocycles. The molecule has 0 radical (unpaired) electrons. The molecule has 0 bridgehead atoms. The Morgan fingerprint density at radius 1 is 1.14 bits per heavy atom. The quantitative estimate of drug-likeness (QED) is 0.862. The topological polar surface area (TPSA) is 70.1 Å². The number of carboxylic acids is 1. The molecule has 0 aromatic carbocycles. The molecule has 2 saturated heterocycles. The number of aliphatic carboxylic acids is 1. The molecular weight excluding hydrogens is 272 g/mol. The van der Waals surface area contributed by atoms with E-state index >= 15 is 0 Å². The zero-order valence-corrected chi connectivity index (χ0v) is 13.0. The summed E-state index contributed by atoms with van der Waals surface area (Å²) in [6.45, 7) is 7.01. The van der Waals surface area contributed by atoms with Gasteiger partial charge in [-0.1, -0.05) is 0 Å². The van der Waals surface area contributed by atoms with Crippen molar-refractivity contribution in [1.82, 2.24) is 9.80 Å². The lowest BCUT2D eigenvalue weighted by molar-refractivity contribution is -0.150. The zero-order chi connectivity index (χ0) is 15.5. The molecule has 2 amide bonds. The first-order chi connectivity index (χ1) is 9.96. The number of hydrogen-bond donors (Lipinski definition) is 1. The molecule has 120 valence electrons. The van der Waals surface area contributed by atoms with E-state index in [0.717, 1.165) is 32.5 Å². The molecule has 0 unspecified atom stereocenters. The van der Waals surface area contributed by atoms with Crippen LogP contribution >= 0.6 is 0 Å². The van der Waals surface area contributed by atoms with Crippen molar-refractivity contribution >= 4 is 12.0 Å². The van der Waals surface area contributed by atoms with E-state index in [4.69, 9.17) is 4.74 Å². The van der Waals surface area contributed by atoms with Crippen LogP contribution < -0.4 is 0 Å². The van der Waals surface area contributed by atoms with E-state index in [9.17, 15) is 14.7 Å². The number of nitrogens with zero attached hydrogens (tertiary/aromatic N) is 2. The van der Waals surface area contributed by atoms with Crippen molar-refractivity contribution in [2.45, 2.75) is 45.6 Å². The second-order valence-electron chi connectivity index (χ2n) is 6.28. The molecule has 0 aromatic heterocycles. The third-order valence-electron chi connectivity index (χ3n) is 4.77. The highest BCUT2D eigenvalue weighted by Crippen LogP contribution is 2.31. The molecule has 0 atom stereocenters. The van der Waals surface area contributed by atoms with Gasteiger partial charge in [0.05, 0.1) is 11.5 Å². The second kappa shape index (κ2) is 6.64. The molecule has 21 heavy (non-hydrogen) atoms. The number of ether oxygens (including phenoxy) is 1. The summed E-state index contributed by atoms with van der Waals surface area (Å²) in [6.07, 6.45) is 3.11. The van der Waals surface area contributed by atoms with Gasteiger partial charge in [0.2, 0.25) is 0 Å². The molecular formula is C15H26N2O4. The lowest BCUT2D eigenvalue weighted by Gasteiger charge is -2.40. The first-order valence-corrected chi connectivity index (χ1v) is 7.85. The second-order valence-corrected chi connectivity index (χ2v) is 6.28. The summed E-state index contributed by atoms with van der Waals surface area (Å²) >= 11 is 0. The van der Waals surface area contributed by atoms with Crippen LogP contribution in [0.15, 0.2) is 0 Å². The van der Waals surface area contributed by atoms with Crippen LogP contribution in [-0.4, -0.2) is 65.8 Å². The maximum Gasteiger partial charge on any atom is 0.320 e. The highest BCUT2D eigenvalue weighted by molar-refractivity contribution is 5.77. The molecule has 0 spiro atoms. The summed E-state index contributed by atoms with van der Waals surface area (Å²) in [4.78, 5) is 27.4. The maximum atomic E-state index is 12.5. The number of carbonyl (C=O) groups is 2. The number of carboxylic acid groups (broad SMARTS) is 1. The monoisotopic (exact) mass is 298 g/mol. The lowest BCUT2D eigenvalue weighted by atomic mass is 9.80. The van der Waals surface area contributed by atoms with Crippen LogP contribution in [0.2, 0.25) is 0 Å². The summed E-state index contributed by atoms with van der Waals surface area (Å²) in [5.74, 6) is -0.757. The summed E-state index contributed by atoms with van der Waals surface area (Å²) in [5.41, 5.74) is -0.682. The Balaban J connectivity index is 1.82. The fourth-order valence-electron chi connectivity index (χ4n) is 3.05. The van der Waals surface area contributed by atoms with E-state index in [0.29, 0.717) is 25.9 Å². The van der Waals surface area contributed by atoms with Gasteiger partial charge in [0.1, 0.15) is 0 Å². The van der Waals surface area contributed by atoms with Crippen LogP contribution in [-0.2, 0) is 9.53 Å². The molecule has 2 aliphatic rings. The number of amides is 2. The number of piperidine rings is 2. The fraction of sp³-hybridized carbons (Fsp3) is 0.867. The molecule has 2 heterocycles. The number of hydrogen-bond acceptors (Lipinski definition) is 3. The first-order valence-electron chi connectivity index (χ1n) is 7.85. The van der Waals surface area contributed by atoms with Crippen molar-refractivity contribution in [3.8, 4) is 0 Å². The van der Waals surface area contributed by atoms with Gasteiger partial charge in [0, 0.05) is 32.8 Å². The Kier molecular flexibility index (Phi) is 5.08. The summed E-state index contributed by atoms with van der Waals surface area (Å²) in [5, 5.41) is 9.22. The van der Waals surface area contributed by atoms with Crippen molar-refractivity contribution in [1.29, 1.82) is 0 Å². The molecule has 1 N–H and O–H groups in total. The van der Waals surface area contributed by atoms with Gasteiger partial charge in [-0.05, 0) is 39.5 Å². The minimum atomic E-state index is -0.757. The van der Waals surface area contributed by atoms with Crippen LogP contribution in [0.5, 0.6) is 0 Å². The normalized spacial score (nSPS) is 23.1. The van der Waals surface area contributed by atoms with Crippen molar-refractivity contribution in [2.75, 3.05) is 32.8 Å². The van der Waals surface area contributed by atoms with Crippen molar-refractivity contribution < 1.29 is 19.4 Å². The van der Waals surface area contributed by atoms with Gasteiger partial charge in [-0.2, -0.15) is 0 Å². The van der Waals surface area contributed by atoms with Crippen LogP contribution in [0.3, 0.4) is 0 Å². The molecule has 6 heteroatoms. The molecule has 2 aliphatic heterocycles.